The highest BCUT2D eigenvalue weighted by molar-refractivity contribution is 6.32. The number of pyridine rings is 1. The predicted molar refractivity (Wildman–Crippen MR) is 81.1 cm³/mol. The van der Waals surface area contributed by atoms with Crippen molar-refractivity contribution in [1.29, 1.82) is 0 Å². The van der Waals surface area contributed by atoms with Crippen LogP contribution in [0, 0.1) is 0 Å². The zero-order valence-corrected chi connectivity index (χ0v) is 11.3. The molecule has 1 heterocycles. The van der Waals surface area contributed by atoms with Gasteiger partial charge in [-0.25, -0.2) is 4.98 Å². The van der Waals surface area contributed by atoms with Gasteiger partial charge in [-0.05, 0) is 35.0 Å². The molecule has 0 aliphatic rings. The van der Waals surface area contributed by atoms with Crippen LogP contribution in [0.3, 0.4) is 0 Å². The summed E-state index contributed by atoms with van der Waals surface area (Å²) in [6.45, 7) is 0. The minimum atomic E-state index is -0.203. The fourth-order valence-electron chi connectivity index (χ4n) is 2.00. The van der Waals surface area contributed by atoms with E-state index in [0.29, 0.717) is 11.3 Å². The molecule has 20 heavy (non-hydrogen) atoms. The van der Waals surface area contributed by atoms with Crippen molar-refractivity contribution in [3.8, 4) is 0 Å². The molecule has 3 nitrogen and oxygen atoms in total. The van der Waals surface area contributed by atoms with Crippen molar-refractivity contribution in [2.45, 2.75) is 0 Å². The smallest absolute Gasteiger partial charge is 0.255 e. The number of hydrogen-bond acceptors (Lipinski definition) is 2. The maximum Gasteiger partial charge on any atom is 0.255 e. The summed E-state index contributed by atoms with van der Waals surface area (Å²) in [4.78, 5) is 16.1. The molecule has 0 saturated carbocycles. The summed E-state index contributed by atoms with van der Waals surface area (Å²) in [6.07, 6.45) is 1.58. The van der Waals surface area contributed by atoms with Gasteiger partial charge >= 0.3 is 0 Å². The van der Waals surface area contributed by atoms with E-state index in [2.05, 4.69) is 10.3 Å². The highest BCUT2D eigenvalue weighted by atomic mass is 35.5. The fourth-order valence-corrected chi connectivity index (χ4v) is 2.17. The predicted octanol–water partition coefficient (Wildman–Crippen LogP) is 4.14. The average molecular weight is 283 g/mol. The lowest BCUT2D eigenvalue weighted by atomic mass is 10.1. The van der Waals surface area contributed by atoms with E-state index in [0.717, 1.165) is 10.8 Å². The van der Waals surface area contributed by atoms with Gasteiger partial charge in [0.25, 0.3) is 5.91 Å². The monoisotopic (exact) mass is 282 g/mol. The third-order valence-electron chi connectivity index (χ3n) is 3.02. The maximum atomic E-state index is 12.2. The Labute approximate surface area is 121 Å². The summed E-state index contributed by atoms with van der Waals surface area (Å²) in [7, 11) is 0. The van der Waals surface area contributed by atoms with Crippen molar-refractivity contribution in [2.24, 2.45) is 0 Å². The van der Waals surface area contributed by atoms with E-state index in [1.807, 2.05) is 36.4 Å². The van der Waals surface area contributed by atoms with E-state index in [1.165, 1.54) is 0 Å². The number of carbonyl (C=O) groups is 1. The third kappa shape index (κ3) is 2.49. The molecule has 1 aromatic heterocycles. The number of carbonyl (C=O) groups excluding carboxylic acids is 1. The highest BCUT2D eigenvalue weighted by Gasteiger charge is 2.09. The van der Waals surface area contributed by atoms with Crippen LogP contribution in [0.4, 0.5) is 5.69 Å². The Morgan fingerprint density at radius 3 is 2.60 bits per heavy atom. The molecule has 4 heteroatoms. The number of fused-ring (bicyclic) bond motifs is 1. The molecule has 98 valence electrons. The van der Waals surface area contributed by atoms with E-state index in [9.17, 15) is 4.79 Å². The lowest BCUT2D eigenvalue weighted by Gasteiger charge is -2.07. The Kier molecular flexibility index (Phi) is 3.35. The Morgan fingerprint density at radius 1 is 1.00 bits per heavy atom. The number of hydrogen-bond donors (Lipinski definition) is 1. The number of amides is 1. The topological polar surface area (TPSA) is 42.0 Å². The van der Waals surface area contributed by atoms with Crippen molar-refractivity contribution < 1.29 is 4.79 Å². The van der Waals surface area contributed by atoms with Crippen LogP contribution in [0.1, 0.15) is 10.4 Å². The van der Waals surface area contributed by atoms with Crippen LogP contribution >= 0.6 is 11.6 Å². The maximum absolute atomic E-state index is 12.2. The van der Waals surface area contributed by atoms with Gasteiger partial charge < -0.3 is 5.32 Å². The molecular formula is C16H11ClN2O. The average Bonchev–Trinajstić information content (AvgIpc) is 2.49. The molecule has 3 rings (SSSR count). The van der Waals surface area contributed by atoms with Crippen molar-refractivity contribution >= 4 is 34.0 Å². The van der Waals surface area contributed by atoms with Gasteiger partial charge in [-0.1, -0.05) is 41.9 Å². The van der Waals surface area contributed by atoms with Crippen LogP contribution < -0.4 is 5.32 Å². The summed E-state index contributed by atoms with van der Waals surface area (Å²) in [5, 5.41) is 5.16. The highest BCUT2D eigenvalue weighted by Crippen LogP contribution is 2.20. The number of nitrogens with zero attached hydrogens (tertiary/aromatic N) is 1. The molecule has 0 unspecified atom stereocenters. The molecule has 0 aliphatic carbocycles. The van der Waals surface area contributed by atoms with Gasteiger partial charge in [0.2, 0.25) is 0 Å². The molecule has 0 atom stereocenters. The van der Waals surface area contributed by atoms with Gasteiger partial charge in [-0.15, -0.1) is 0 Å². The summed E-state index contributed by atoms with van der Waals surface area (Å²) >= 11 is 5.93. The zero-order valence-electron chi connectivity index (χ0n) is 10.5. The molecule has 2 aromatic carbocycles. The number of benzene rings is 2. The van der Waals surface area contributed by atoms with Gasteiger partial charge in [-0.2, -0.15) is 0 Å². The van der Waals surface area contributed by atoms with Crippen molar-refractivity contribution in [1.82, 2.24) is 4.98 Å². The molecule has 0 fully saturated rings. The minimum absolute atomic E-state index is 0.203. The summed E-state index contributed by atoms with van der Waals surface area (Å²) < 4.78 is 0. The summed E-state index contributed by atoms with van der Waals surface area (Å²) in [5.74, 6) is -0.203. The first-order chi connectivity index (χ1) is 9.74. The molecule has 1 amide bonds. The van der Waals surface area contributed by atoms with Crippen LogP contribution in [0.2, 0.25) is 5.15 Å². The number of aromatic nitrogens is 1. The number of nitrogens with one attached hydrogen (secondary N) is 1. The van der Waals surface area contributed by atoms with Crippen molar-refractivity contribution in [3.05, 3.63) is 71.5 Å². The normalized spacial score (nSPS) is 10.4. The Bertz CT molecular complexity index is 786. The molecule has 1 N–H and O–H groups in total. The second-order valence-corrected chi connectivity index (χ2v) is 4.72. The molecule has 0 radical (unpaired) electrons. The standard InChI is InChI=1S/C16H11ClN2O/c17-15-14(6-3-9-18-15)19-16(20)13-8-7-11-4-1-2-5-12(11)10-13/h1-10H,(H,19,20). The second kappa shape index (κ2) is 5.31. The van der Waals surface area contributed by atoms with Gasteiger partial charge in [0, 0.05) is 11.8 Å². The largest absolute Gasteiger partial charge is 0.319 e. The van der Waals surface area contributed by atoms with E-state index in [-0.39, 0.29) is 11.1 Å². The summed E-state index contributed by atoms with van der Waals surface area (Å²) in [6, 6.07) is 16.9. The Hall–Kier alpha value is -2.39. The number of halogens is 1. The molecule has 0 aliphatic heterocycles. The number of anilines is 1. The Balaban J connectivity index is 1.91. The molecule has 3 aromatic rings. The second-order valence-electron chi connectivity index (χ2n) is 4.36. The quantitative estimate of drug-likeness (QED) is 0.718. The first kappa shape index (κ1) is 12.6. The van der Waals surface area contributed by atoms with E-state index in [1.54, 1.807) is 24.4 Å². The Morgan fingerprint density at radius 2 is 1.80 bits per heavy atom. The van der Waals surface area contributed by atoms with Crippen LogP contribution in [0.25, 0.3) is 10.8 Å². The summed E-state index contributed by atoms with van der Waals surface area (Å²) in [5.41, 5.74) is 1.09. The molecule has 0 spiro atoms. The van der Waals surface area contributed by atoms with E-state index in [4.69, 9.17) is 11.6 Å². The van der Waals surface area contributed by atoms with Crippen LogP contribution in [-0.4, -0.2) is 10.9 Å². The SMILES string of the molecule is O=C(Nc1cccnc1Cl)c1ccc2ccccc2c1. The lowest BCUT2D eigenvalue weighted by Crippen LogP contribution is -2.12. The first-order valence-corrected chi connectivity index (χ1v) is 6.52. The van der Waals surface area contributed by atoms with Gasteiger partial charge in [0.1, 0.15) is 0 Å². The molecule has 0 saturated heterocycles. The number of rotatable bonds is 2. The fraction of sp³-hybridized carbons (Fsp3) is 0. The van der Waals surface area contributed by atoms with Crippen LogP contribution in [0.5, 0.6) is 0 Å². The first-order valence-electron chi connectivity index (χ1n) is 6.15. The third-order valence-corrected chi connectivity index (χ3v) is 3.32. The molecular weight excluding hydrogens is 272 g/mol. The lowest BCUT2D eigenvalue weighted by molar-refractivity contribution is 0.102. The van der Waals surface area contributed by atoms with Gasteiger partial charge in [0.05, 0.1) is 5.69 Å². The van der Waals surface area contributed by atoms with Gasteiger partial charge in [0.15, 0.2) is 5.15 Å². The van der Waals surface area contributed by atoms with Crippen LogP contribution in [-0.2, 0) is 0 Å². The van der Waals surface area contributed by atoms with Crippen molar-refractivity contribution in [3.63, 3.8) is 0 Å². The zero-order chi connectivity index (χ0) is 13.9. The minimum Gasteiger partial charge on any atom is -0.319 e. The van der Waals surface area contributed by atoms with E-state index >= 15 is 0 Å². The van der Waals surface area contributed by atoms with Crippen LogP contribution in [0.15, 0.2) is 60.8 Å². The van der Waals surface area contributed by atoms with Gasteiger partial charge in [-0.3, -0.25) is 4.79 Å². The van der Waals surface area contributed by atoms with E-state index < -0.39 is 0 Å². The molecule has 0 bridgehead atoms. The van der Waals surface area contributed by atoms with Crippen molar-refractivity contribution in [2.75, 3.05) is 5.32 Å².